The number of aliphatic imine (C=N–C) groups is 2. The smallest absolute Gasteiger partial charge is 0.141 e. The highest BCUT2D eigenvalue weighted by Gasteiger charge is 2.07. The van der Waals surface area contributed by atoms with Crippen LogP contribution < -0.4 is 0 Å². The summed E-state index contributed by atoms with van der Waals surface area (Å²) < 4.78 is 0. The van der Waals surface area contributed by atoms with E-state index in [-0.39, 0.29) is 23.0 Å². The van der Waals surface area contributed by atoms with Gasteiger partial charge in [0.1, 0.15) is 34.4 Å². The van der Waals surface area contributed by atoms with Crippen LogP contribution in [0.4, 0.5) is 11.4 Å². The van der Waals surface area contributed by atoms with Gasteiger partial charge < -0.3 is 20.4 Å². The first kappa shape index (κ1) is 20.7. The summed E-state index contributed by atoms with van der Waals surface area (Å²) in [5.41, 5.74) is 3.32. The monoisotopic (exact) mass is 424 g/mol. The number of nitrogens with zero attached hydrogens (tertiary/aromatic N) is 2. The van der Waals surface area contributed by atoms with Gasteiger partial charge in [-0.25, -0.2) is 0 Å². The first-order chi connectivity index (χ1) is 15.5. The average molecular weight is 424 g/mol. The fourth-order valence-electron chi connectivity index (χ4n) is 3.10. The van der Waals surface area contributed by atoms with E-state index in [4.69, 9.17) is 0 Å². The Morgan fingerprint density at radius 2 is 0.875 bits per heavy atom. The van der Waals surface area contributed by atoms with E-state index in [2.05, 4.69) is 9.98 Å². The van der Waals surface area contributed by atoms with Gasteiger partial charge in [-0.15, -0.1) is 0 Å². The molecule has 4 rings (SSSR count). The molecule has 0 aliphatic heterocycles. The Hall–Kier alpha value is -4.58. The van der Waals surface area contributed by atoms with E-state index in [0.29, 0.717) is 22.5 Å². The number of para-hydroxylation sites is 4. The zero-order valence-corrected chi connectivity index (χ0v) is 16.9. The van der Waals surface area contributed by atoms with E-state index in [1.807, 2.05) is 0 Å². The molecule has 6 nitrogen and oxygen atoms in total. The zero-order valence-electron chi connectivity index (χ0n) is 16.9. The van der Waals surface area contributed by atoms with Crippen LogP contribution in [0.5, 0.6) is 23.0 Å². The molecule has 0 spiro atoms. The third-order valence-electron chi connectivity index (χ3n) is 4.84. The summed E-state index contributed by atoms with van der Waals surface area (Å²) >= 11 is 0. The Labute approximate surface area is 184 Å². The molecule has 0 aromatic heterocycles. The predicted octanol–water partition coefficient (Wildman–Crippen LogP) is 5.68. The van der Waals surface area contributed by atoms with Crippen molar-refractivity contribution in [3.8, 4) is 34.1 Å². The second-order valence-electron chi connectivity index (χ2n) is 7.04. The second-order valence-corrected chi connectivity index (χ2v) is 7.04. The van der Waals surface area contributed by atoms with Crippen molar-refractivity contribution >= 4 is 23.8 Å². The van der Waals surface area contributed by atoms with Crippen molar-refractivity contribution < 1.29 is 20.4 Å². The maximum Gasteiger partial charge on any atom is 0.141 e. The predicted molar refractivity (Wildman–Crippen MR) is 126 cm³/mol. The lowest BCUT2D eigenvalue weighted by molar-refractivity contribution is 0.473. The van der Waals surface area contributed by atoms with Gasteiger partial charge in [0.2, 0.25) is 0 Å². The summed E-state index contributed by atoms with van der Waals surface area (Å²) in [7, 11) is 0. The molecule has 0 saturated carbocycles. The molecule has 32 heavy (non-hydrogen) atoms. The number of aromatic hydroxyl groups is 4. The first-order valence-electron chi connectivity index (χ1n) is 9.82. The summed E-state index contributed by atoms with van der Waals surface area (Å²) in [6, 6.07) is 23.5. The molecule has 4 aromatic carbocycles. The minimum Gasteiger partial charge on any atom is -0.507 e. The molecule has 158 valence electrons. The van der Waals surface area contributed by atoms with Crippen molar-refractivity contribution in [2.24, 2.45) is 9.98 Å². The van der Waals surface area contributed by atoms with Gasteiger partial charge in [-0.1, -0.05) is 36.4 Å². The number of benzene rings is 4. The molecule has 0 amide bonds. The highest BCUT2D eigenvalue weighted by molar-refractivity contribution is 5.90. The van der Waals surface area contributed by atoms with Gasteiger partial charge in [-0.3, -0.25) is 9.98 Å². The lowest BCUT2D eigenvalue weighted by atomic mass is 10.0. The van der Waals surface area contributed by atoms with Gasteiger partial charge in [-0.2, -0.15) is 0 Å². The Kier molecular flexibility index (Phi) is 5.85. The average Bonchev–Trinajstić information content (AvgIpc) is 2.80. The Bertz CT molecular complexity index is 1230. The van der Waals surface area contributed by atoms with Crippen molar-refractivity contribution in [2.45, 2.75) is 0 Å². The number of phenolic OH excluding ortho intramolecular Hbond substituents is 4. The normalized spacial score (nSPS) is 11.4. The molecule has 0 fully saturated rings. The van der Waals surface area contributed by atoms with Crippen LogP contribution in [-0.4, -0.2) is 32.9 Å². The molecule has 0 atom stereocenters. The molecule has 0 aliphatic carbocycles. The molecule has 4 N–H and O–H groups in total. The zero-order chi connectivity index (χ0) is 22.5. The molecule has 0 radical (unpaired) electrons. The highest BCUT2D eigenvalue weighted by Crippen LogP contribution is 2.31. The summed E-state index contributed by atoms with van der Waals surface area (Å²) in [6.07, 6.45) is 2.96. The fraction of sp³-hybridized carbons (Fsp3) is 0. The van der Waals surface area contributed by atoms with Crippen molar-refractivity contribution in [3.05, 3.63) is 96.1 Å². The molecule has 0 bridgehead atoms. The van der Waals surface area contributed by atoms with Crippen LogP contribution in [0, 0.1) is 0 Å². The SMILES string of the molecule is Oc1ccc(-c2ccc(O)c(C=Nc3ccccc3O)c2)cc1C=Nc1ccccc1O. The van der Waals surface area contributed by atoms with Crippen molar-refractivity contribution in [3.63, 3.8) is 0 Å². The van der Waals surface area contributed by atoms with Gasteiger partial charge in [0.15, 0.2) is 0 Å². The van der Waals surface area contributed by atoms with Crippen LogP contribution in [0.3, 0.4) is 0 Å². The fourth-order valence-corrected chi connectivity index (χ4v) is 3.10. The summed E-state index contributed by atoms with van der Waals surface area (Å²) in [4.78, 5) is 8.51. The van der Waals surface area contributed by atoms with Gasteiger partial charge in [-0.05, 0) is 59.7 Å². The molecular weight excluding hydrogens is 404 g/mol. The number of hydrogen-bond donors (Lipinski definition) is 4. The van der Waals surface area contributed by atoms with E-state index in [9.17, 15) is 20.4 Å². The first-order valence-corrected chi connectivity index (χ1v) is 9.82. The number of phenols is 4. The summed E-state index contributed by atoms with van der Waals surface area (Å²) in [5, 5.41) is 40.2. The van der Waals surface area contributed by atoms with Crippen LogP contribution in [0.1, 0.15) is 11.1 Å². The molecule has 6 heteroatoms. The van der Waals surface area contributed by atoms with Crippen molar-refractivity contribution in [1.82, 2.24) is 0 Å². The Balaban J connectivity index is 1.65. The van der Waals surface area contributed by atoms with Gasteiger partial charge in [0.05, 0.1) is 0 Å². The summed E-state index contributed by atoms with van der Waals surface area (Å²) in [5.74, 6) is 0.193. The third-order valence-corrected chi connectivity index (χ3v) is 4.84. The second kappa shape index (κ2) is 9.06. The van der Waals surface area contributed by atoms with E-state index >= 15 is 0 Å². The van der Waals surface area contributed by atoms with Crippen LogP contribution in [-0.2, 0) is 0 Å². The lowest BCUT2D eigenvalue weighted by Crippen LogP contribution is -1.88. The molecular formula is C26H20N2O4. The number of hydrogen-bond acceptors (Lipinski definition) is 6. The Morgan fingerprint density at radius 1 is 0.469 bits per heavy atom. The van der Waals surface area contributed by atoms with E-state index in [0.717, 1.165) is 11.1 Å². The quantitative estimate of drug-likeness (QED) is 0.309. The highest BCUT2D eigenvalue weighted by atomic mass is 16.3. The maximum absolute atomic E-state index is 10.2. The molecule has 0 heterocycles. The van der Waals surface area contributed by atoms with Gasteiger partial charge in [0.25, 0.3) is 0 Å². The molecule has 0 saturated heterocycles. The van der Waals surface area contributed by atoms with Crippen LogP contribution >= 0.6 is 0 Å². The van der Waals surface area contributed by atoms with Crippen LogP contribution in [0.25, 0.3) is 11.1 Å². The number of rotatable bonds is 5. The standard InChI is InChI=1S/C26H20N2O4/c29-23-11-9-17(13-19(23)15-27-21-5-1-3-7-25(21)31)18-10-12-24(30)20(14-18)16-28-22-6-2-4-8-26(22)32/h1-16,29-32H. The molecule has 0 aliphatic rings. The minimum atomic E-state index is 0.0475. The van der Waals surface area contributed by atoms with Gasteiger partial charge in [0, 0.05) is 23.6 Å². The van der Waals surface area contributed by atoms with Crippen LogP contribution in [0.2, 0.25) is 0 Å². The van der Waals surface area contributed by atoms with Crippen molar-refractivity contribution in [1.29, 1.82) is 0 Å². The Morgan fingerprint density at radius 3 is 1.28 bits per heavy atom. The maximum atomic E-state index is 10.2. The minimum absolute atomic E-state index is 0.0475. The van der Waals surface area contributed by atoms with Gasteiger partial charge >= 0.3 is 0 Å². The summed E-state index contributed by atoms with van der Waals surface area (Å²) in [6.45, 7) is 0. The van der Waals surface area contributed by atoms with E-state index < -0.39 is 0 Å². The van der Waals surface area contributed by atoms with E-state index in [1.165, 1.54) is 24.6 Å². The molecule has 4 aromatic rings. The molecule has 0 unspecified atom stereocenters. The van der Waals surface area contributed by atoms with Crippen LogP contribution in [0.15, 0.2) is 94.9 Å². The topological polar surface area (TPSA) is 106 Å². The van der Waals surface area contributed by atoms with E-state index in [1.54, 1.807) is 72.8 Å². The van der Waals surface area contributed by atoms with Crippen molar-refractivity contribution in [2.75, 3.05) is 0 Å². The lowest BCUT2D eigenvalue weighted by Gasteiger charge is -2.08. The third kappa shape index (κ3) is 4.60. The largest absolute Gasteiger partial charge is 0.507 e.